The van der Waals surface area contributed by atoms with Gasteiger partial charge in [-0.2, -0.15) is 0 Å². The third-order valence-electron chi connectivity index (χ3n) is 3.37. The summed E-state index contributed by atoms with van der Waals surface area (Å²) in [5.74, 6) is 0.720. The van der Waals surface area contributed by atoms with Crippen LogP contribution >= 0.6 is 0 Å². The third-order valence-corrected chi connectivity index (χ3v) is 4.72. The Balaban J connectivity index is 1.63. The lowest BCUT2D eigenvalue weighted by Crippen LogP contribution is -2.42. The first-order valence-electron chi connectivity index (χ1n) is 7.19. The fourth-order valence-electron chi connectivity index (χ4n) is 2.22. The summed E-state index contributed by atoms with van der Waals surface area (Å²) in [5, 5.41) is 6.12. The van der Waals surface area contributed by atoms with Crippen LogP contribution in [0.5, 0.6) is 0 Å². The summed E-state index contributed by atoms with van der Waals surface area (Å²) < 4.78 is 31.8. The van der Waals surface area contributed by atoms with Gasteiger partial charge in [-0.3, -0.25) is 4.99 Å². The Hall–Kier alpha value is -0.860. The molecule has 20 heavy (non-hydrogen) atoms. The summed E-state index contributed by atoms with van der Waals surface area (Å²) in [6.07, 6.45) is 3.13. The molecular formula is C12H24N4O3S. The molecule has 0 saturated carbocycles. The molecule has 2 atom stereocenters. The number of sulfonamides is 1. The van der Waals surface area contributed by atoms with E-state index < -0.39 is 10.0 Å². The largest absolute Gasteiger partial charge is 0.377 e. The van der Waals surface area contributed by atoms with Crippen molar-refractivity contribution in [3.63, 3.8) is 0 Å². The molecule has 1 fully saturated rings. The maximum absolute atomic E-state index is 11.8. The Bertz CT molecular complexity index is 432. The van der Waals surface area contributed by atoms with Gasteiger partial charge in [-0.25, -0.2) is 13.1 Å². The van der Waals surface area contributed by atoms with Crippen molar-refractivity contribution in [2.45, 2.75) is 38.3 Å². The monoisotopic (exact) mass is 304 g/mol. The van der Waals surface area contributed by atoms with E-state index in [4.69, 9.17) is 4.74 Å². The van der Waals surface area contributed by atoms with E-state index in [9.17, 15) is 8.42 Å². The van der Waals surface area contributed by atoms with Crippen molar-refractivity contribution in [1.29, 1.82) is 0 Å². The Kier molecular flexibility index (Phi) is 5.62. The van der Waals surface area contributed by atoms with Crippen LogP contribution in [0.2, 0.25) is 0 Å². The summed E-state index contributed by atoms with van der Waals surface area (Å²) in [7, 11) is -3.26. The van der Waals surface area contributed by atoms with Crippen LogP contribution in [0, 0.1) is 0 Å². The number of rotatable bonds is 6. The topological polar surface area (TPSA) is 91.8 Å². The highest BCUT2D eigenvalue weighted by molar-refractivity contribution is 7.89. The average Bonchev–Trinajstić information content (AvgIpc) is 2.83. The van der Waals surface area contributed by atoms with Gasteiger partial charge < -0.3 is 15.4 Å². The Labute approximate surface area is 120 Å². The van der Waals surface area contributed by atoms with Gasteiger partial charge in [0.2, 0.25) is 10.0 Å². The van der Waals surface area contributed by atoms with Gasteiger partial charge in [0.15, 0.2) is 5.96 Å². The minimum Gasteiger partial charge on any atom is -0.377 e. The van der Waals surface area contributed by atoms with Crippen LogP contribution in [0.4, 0.5) is 0 Å². The molecule has 0 aliphatic carbocycles. The number of nitrogens with zero attached hydrogens (tertiary/aromatic N) is 1. The lowest BCUT2D eigenvalue weighted by atomic mass is 10.1. The van der Waals surface area contributed by atoms with Crippen LogP contribution in [0.3, 0.4) is 0 Å². The molecule has 0 amide bonds. The zero-order valence-electron chi connectivity index (χ0n) is 11.9. The summed E-state index contributed by atoms with van der Waals surface area (Å²) in [4.78, 5) is 4.21. The number of nitrogens with one attached hydrogen (secondary N) is 3. The lowest BCUT2D eigenvalue weighted by molar-refractivity contribution is 0.0200. The highest BCUT2D eigenvalue weighted by atomic mass is 32.2. The second kappa shape index (κ2) is 7.24. The van der Waals surface area contributed by atoms with E-state index in [0.717, 1.165) is 32.4 Å². The molecule has 0 aromatic carbocycles. The first-order chi connectivity index (χ1) is 9.55. The van der Waals surface area contributed by atoms with E-state index in [1.54, 1.807) is 0 Å². The van der Waals surface area contributed by atoms with E-state index >= 15 is 0 Å². The van der Waals surface area contributed by atoms with Crippen LogP contribution in [0.25, 0.3) is 0 Å². The Morgan fingerprint density at radius 3 is 2.95 bits per heavy atom. The summed E-state index contributed by atoms with van der Waals surface area (Å²) in [6, 6.07) is 0.315. The zero-order valence-corrected chi connectivity index (χ0v) is 12.7. The van der Waals surface area contributed by atoms with Crippen molar-refractivity contribution in [2.75, 3.05) is 32.0 Å². The summed E-state index contributed by atoms with van der Waals surface area (Å²) in [5.41, 5.74) is 0. The SMILES string of the molecule is CC1CN=C(NCCS(=O)(=O)NCC2CCCCO2)N1. The lowest BCUT2D eigenvalue weighted by Gasteiger charge is -2.22. The second-order valence-electron chi connectivity index (χ2n) is 5.32. The van der Waals surface area contributed by atoms with Gasteiger partial charge in [-0.1, -0.05) is 0 Å². The van der Waals surface area contributed by atoms with Crippen LogP contribution in [0.15, 0.2) is 4.99 Å². The molecule has 2 aliphatic heterocycles. The fraction of sp³-hybridized carbons (Fsp3) is 0.917. The van der Waals surface area contributed by atoms with E-state index in [-0.39, 0.29) is 11.9 Å². The van der Waals surface area contributed by atoms with Crippen LogP contribution in [0.1, 0.15) is 26.2 Å². The zero-order chi connectivity index (χ0) is 14.4. The van der Waals surface area contributed by atoms with Crippen molar-refractivity contribution in [3.8, 4) is 0 Å². The van der Waals surface area contributed by atoms with E-state index in [1.807, 2.05) is 6.92 Å². The molecule has 0 spiro atoms. The molecule has 2 aliphatic rings. The van der Waals surface area contributed by atoms with Gasteiger partial charge in [-0.05, 0) is 26.2 Å². The molecule has 2 heterocycles. The van der Waals surface area contributed by atoms with Crippen molar-refractivity contribution in [2.24, 2.45) is 4.99 Å². The molecule has 3 N–H and O–H groups in total. The maximum Gasteiger partial charge on any atom is 0.213 e. The van der Waals surface area contributed by atoms with Gasteiger partial charge in [0, 0.05) is 25.7 Å². The number of guanidine groups is 1. The summed E-state index contributed by atoms with van der Waals surface area (Å²) >= 11 is 0. The van der Waals surface area contributed by atoms with Crippen LogP contribution < -0.4 is 15.4 Å². The van der Waals surface area contributed by atoms with E-state index in [2.05, 4.69) is 20.3 Å². The normalized spacial score (nSPS) is 26.9. The Morgan fingerprint density at radius 1 is 1.45 bits per heavy atom. The molecule has 2 unspecified atom stereocenters. The summed E-state index contributed by atoms with van der Waals surface area (Å²) in [6.45, 7) is 4.21. The second-order valence-corrected chi connectivity index (χ2v) is 7.24. The molecule has 2 rings (SSSR count). The van der Waals surface area contributed by atoms with Crippen molar-refractivity contribution < 1.29 is 13.2 Å². The van der Waals surface area contributed by atoms with Crippen LogP contribution in [-0.2, 0) is 14.8 Å². The third kappa shape index (κ3) is 5.26. The fourth-order valence-corrected chi connectivity index (χ4v) is 3.18. The highest BCUT2D eigenvalue weighted by Crippen LogP contribution is 2.11. The molecule has 0 radical (unpaired) electrons. The molecule has 0 aromatic heterocycles. The number of hydrogen-bond donors (Lipinski definition) is 3. The minimum atomic E-state index is -3.26. The molecule has 1 saturated heterocycles. The van der Waals surface area contributed by atoms with Gasteiger partial charge in [0.05, 0.1) is 18.4 Å². The smallest absolute Gasteiger partial charge is 0.213 e. The Morgan fingerprint density at radius 2 is 2.30 bits per heavy atom. The molecular weight excluding hydrogens is 280 g/mol. The average molecular weight is 304 g/mol. The number of aliphatic imine (C=N–C) groups is 1. The number of ether oxygens (including phenoxy) is 1. The first-order valence-corrected chi connectivity index (χ1v) is 8.84. The van der Waals surface area contributed by atoms with Crippen molar-refractivity contribution in [1.82, 2.24) is 15.4 Å². The predicted octanol–water partition coefficient (Wildman–Crippen LogP) is -0.588. The maximum atomic E-state index is 11.8. The molecule has 0 aromatic rings. The van der Waals surface area contributed by atoms with Gasteiger partial charge in [0.25, 0.3) is 0 Å². The quantitative estimate of drug-likeness (QED) is 0.610. The molecule has 0 bridgehead atoms. The van der Waals surface area contributed by atoms with Gasteiger partial charge in [-0.15, -0.1) is 0 Å². The predicted molar refractivity (Wildman–Crippen MR) is 78.3 cm³/mol. The highest BCUT2D eigenvalue weighted by Gasteiger charge is 2.18. The van der Waals surface area contributed by atoms with E-state index in [0.29, 0.717) is 25.1 Å². The minimum absolute atomic E-state index is 0.0215. The van der Waals surface area contributed by atoms with E-state index in [1.165, 1.54) is 0 Å². The molecule has 7 nitrogen and oxygen atoms in total. The molecule has 8 heteroatoms. The van der Waals surface area contributed by atoms with Crippen molar-refractivity contribution >= 4 is 16.0 Å². The van der Waals surface area contributed by atoms with Crippen molar-refractivity contribution in [3.05, 3.63) is 0 Å². The standard InChI is InChI=1S/C12H24N4O3S/c1-10-8-14-12(16-10)13-5-7-20(17,18)15-9-11-4-2-3-6-19-11/h10-11,15H,2-9H2,1H3,(H2,13,14,16). The van der Waals surface area contributed by atoms with Gasteiger partial charge in [0.1, 0.15) is 0 Å². The number of hydrogen-bond acceptors (Lipinski definition) is 6. The van der Waals surface area contributed by atoms with Gasteiger partial charge >= 0.3 is 0 Å². The first kappa shape index (κ1) is 15.5. The molecule has 116 valence electrons. The van der Waals surface area contributed by atoms with Crippen LogP contribution in [-0.4, -0.2) is 58.5 Å².